The molecule has 3 aromatic carbocycles. The second-order valence-corrected chi connectivity index (χ2v) is 8.95. The first-order valence-electron chi connectivity index (χ1n) is 11.6. The van der Waals surface area contributed by atoms with E-state index < -0.39 is 5.41 Å². The average molecular weight is 443 g/mol. The standard InChI is InChI=1S/C28H27FN2O2/c29-22-14-12-21(13-15-22)26(32)11-6-18-30-19-16-28(17-20-30)24-9-4-5-10-25(24)31(27(28)33)23-7-2-1-3-8-23/h1-5,7-10,12-15H,6,11,16-20H2. The van der Waals surface area contributed by atoms with E-state index in [1.807, 2.05) is 53.4 Å². The van der Waals surface area contributed by atoms with Gasteiger partial charge in [-0.15, -0.1) is 0 Å². The Balaban J connectivity index is 1.24. The summed E-state index contributed by atoms with van der Waals surface area (Å²) < 4.78 is 13.1. The first kappa shape index (κ1) is 21.5. The molecule has 1 fully saturated rings. The Labute approximate surface area is 193 Å². The summed E-state index contributed by atoms with van der Waals surface area (Å²) in [6.07, 6.45) is 2.75. The van der Waals surface area contributed by atoms with Crippen molar-refractivity contribution in [3.8, 4) is 0 Å². The molecule has 0 bridgehead atoms. The van der Waals surface area contributed by atoms with Crippen LogP contribution in [0.15, 0.2) is 78.9 Å². The number of carbonyl (C=O) groups excluding carboxylic acids is 2. The van der Waals surface area contributed by atoms with Crippen molar-refractivity contribution in [3.63, 3.8) is 0 Å². The fraction of sp³-hybridized carbons (Fsp3) is 0.286. The summed E-state index contributed by atoms with van der Waals surface area (Å²) in [4.78, 5) is 30.4. The van der Waals surface area contributed by atoms with E-state index in [1.165, 1.54) is 12.1 Å². The minimum absolute atomic E-state index is 0.0434. The second kappa shape index (κ2) is 8.91. The largest absolute Gasteiger partial charge is 0.303 e. The van der Waals surface area contributed by atoms with Gasteiger partial charge in [0.2, 0.25) is 5.91 Å². The van der Waals surface area contributed by atoms with Crippen molar-refractivity contribution in [3.05, 3.63) is 95.8 Å². The van der Waals surface area contributed by atoms with E-state index in [0.717, 1.165) is 55.8 Å². The summed E-state index contributed by atoms with van der Waals surface area (Å²) in [7, 11) is 0. The number of amides is 1. The number of hydrogen-bond acceptors (Lipinski definition) is 3. The lowest BCUT2D eigenvalue weighted by molar-refractivity contribution is -0.124. The molecule has 4 nitrogen and oxygen atoms in total. The van der Waals surface area contributed by atoms with E-state index in [9.17, 15) is 14.0 Å². The van der Waals surface area contributed by atoms with Gasteiger partial charge in [0.25, 0.3) is 0 Å². The number of benzene rings is 3. The number of Topliss-reactive ketones (excluding diaryl/α,β-unsaturated/α-hetero) is 1. The summed E-state index contributed by atoms with van der Waals surface area (Å²) in [6, 6.07) is 23.8. The minimum Gasteiger partial charge on any atom is -0.303 e. The summed E-state index contributed by atoms with van der Waals surface area (Å²) in [5.74, 6) is -0.120. The molecule has 1 spiro atoms. The van der Waals surface area contributed by atoms with Crippen molar-refractivity contribution in [1.82, 2.24) is 4.90 Å². The molecule has 3 aromatic rings. The Morgan fingerprint density at radius 3 is 2.27 bits per heavy atom. The van der Waals surface area contributed by atoms with E-state index in [2.05, 4.69) is 11.0 Å². The first-order chi connectivity index (χ1) is 16.1. The number of anilines is 2. The number of nitrogens with zero attached hydrogens (tertiary/aromatic N) is 2. The van der Waals surface area contributed by atoms with Crippen LogP contribution < -0.4 is 4.90 Å². The maximum Gasteiger partial charge on any atom is 0.242 e. The van der Waals surface area contributed by atoms with Gasteiger partial charge in [0, 0.05) is 17.7 Å². The maximum atomic E-state index is 13.8. The lowest BCUT2D eigenvalue weighted by Gasteiger charge is -2.38. The lowest BCUT2D eigenvalue weighted by Crippen LogP contribution is -2.48. The van der Waals surface area contributed by atoms with Gasteiger partial charge in [-0.05, 0) is 86.9 Å². The van der Waals surface area contributed by atoms with Crippen LogP contribution in [0.4, 0.5) is 15.8 Å². The van der Waals surface area contributed by atoms with Crippen molar-refractivity contribution in [2.45, 2.75) is 31.1 Å². The van der Waals surface area contributed by atoms with Crippen LogP contribution in [0.25, 0.3) is 0 Å². The van der Waals surface area contributed by atoms with Crippen LogP contribution in [0.1, 0.15) is 41.6 Å². The van der Waals surface area contributed by atoms with Gasteiger partial charge in [0.05, 0.1) is 11.1 Å². The van der Waals surface area contributed by atoms with Crippen LogP contribution >= 0.6 is 0 Å². The third-order valence-electron chi connectivity index (χ3n) is 7.04. The lowest BCUT2D eigenvalue weighted by atomic mass is 9.73. The zero-order chi connectivity index (χ0) is 22.8. The van der Waals surface area contributed by atoms with E-state index in [1.54, 1.807) is 12.1 Å². The number of carbonyl (C=O) groups is 2. The van der Waals surface area contributed by atoms with Gasteiger partial charge in [-0.25, -0.2) is 4.39 Å². The average Bonchev–Trinajstić information content (AvgIpc) is 3.09. The zero-order valence-corrected chi connectivity index (χ0v) is 18.5. The Morgan fingerprint density at radius 2 is 1.55 bits per heavy atom. The molecular weight excluding hydrogens is 415 g/mol. The predicted molar refractivity (Wildman–Crippen MR) is 127 cm³/mol. The number of rotatable bonds is 6. The van der Waals surface area contributed by atoms with Crippen LogP contribution in [0, 0.1) is 5.82 Å². The summed E-state index contributed by atoms with van der Waals surface area (Å²) in [5, 5.41) is 0. The number of likely N-dealkylation sites (tertiary alicyclic amines) is 1. The molecule has 1 amide bonds. The van der Waals surface area contributed by atoms with Crippen molar-refractivity contribution < 1.29 is 14.0 Å². The third kappa shape index (κ3) is 3.98. The number of para-hydroxylation sites is 2. The first-order valence-corrected chi connectivity index (χ1v) is 11.6. The third-order valence-corrected chi connectivity index (χ3v) is 7.04. The van der Waals surface area contributed by atoms with E-state index in [-0.39, 0.29) is 17.5 Å². The Bertz CT molecular complexity index is 1150. The number of ketones is 1. The highest BCUT2D eigenvalue weighted by Gasteiger charge is 2.52. The molecule has 33 heavy (non-hydrogen) atoms. The molecule has 0 N–H and O–H groups in total. The molecule has 5 heteroatoms. The number of hydrogen-bond donors (Lipinski definition) is 0. The predicted octanol–water partition coefficient (Wildman–Crippen LogP) is 5.50. The molecule has 0 saturated carbocycles. The molecule has 2 aliphatic heterocycles. The Kier molecular flexibility index (Phi) is 5.81. The molecule has 0 aliphatic carbocycles. The molecule has 168 valence electrons. The van der Waals surface area contributed by atoms with E-state index in [4.69, 9.17) is 0 Å². The summed E-state index contributed by atoms with van der Waals surface area (Å²) in [5.41, 5.74) is 3.11. The molecule has 0 unspecified atom stereocenters. The van der Waals surface area contributed by atoms with Gasteiger partial charge in [-0.2, -0.15) is 0 Å². The highest BCUT2D eigenvalue weighted by Crippen LogP contribution is 2.50. The van der Waals surface area contributed by atoms with E-state index >= 15 is 0 Å². The minimum atomic E-state index is -0.479. The summed E-state index contributed by atoms with van der Waals surface area (Å²) in [6.45, 7) is 2.47. The summed E-state index contributed by atoms with van der Waals surface area (Å²) >= 11 is 0. The smallest absolute Gasteiger partial charge is 0.242 e. The quantitative estimate of drug-likeness (QED) is 0.473. The van der Waals surface area contributed by atoms with Crippen LogP contribution in [0.3, 0.4) is 0 Å². The van der Waals surface area contributed by atoms with Crippen LogP contribution in [-0.4, -0.2) is 36.2 Å². The van der Waals surface area contributed by atoms with Gasteiger partial charge in [-0.1, -0.05) is 36.4 Å². The van der Waals surface area contributed by atoms with Gasteiger partial charge < -0.3 is 4.90 Å². The van der Waals surface area contributed by atoms with Gasteiger partial charge in [-0.3, -0.25) is 14.5 Å². The van der Waals surface area contributed by atoms with E-state index in [0.29, 0.717) is 12.0 Å². The highest BCUT2D eigenvalue weighted by molar-refractivity contribution is 6.13. The molecule has 0 aromatic heterocycles. The number of fused-ring (bicyclic) bond motifs is 2. The SMILES string of the molecule is O=C(CCCN1CCC2(CC1)C(=O)N(c1ccccc1)c1ccccc12)c1ccc(F)cc1. The molecular formula is C28H27FN2O2. The van der Waals surface area contributed by atoms with Gasteiger partial charge >= 0.3 is 0 Å². The maximum absolute atomic E-state index is 13.8. The van der Waals surface area contributed by atoms with Crippen molar-refractivity contribution in [1.29, 1.82) is 0 Å². The Hall–Kier alpha value is -3.31. The number of halogens is 1. The monoisotopic (exact) mass is 442 g/mol. The van der Waals surface area contributed by atoms with Crippen molar-refractivity contribution in [2.75, 3.05) is 24.5 Å². The normalized spacial score (nSPS) is 17.4. The topological polar surface area (TPSA) is 40.6 Å². The molecule has 2 aliphatic rings. The molecule has 1 saturated heterocycles. The molecule has 5 rings (SSSR count). The van der Waals surface area contributed by atoms with Gasteiger partial charge in [0.1, 0.15) is 5.82 Å². The van der Waals surface area contributed by atoms with Gasteiger partial charge in [0.15, 0.2) is 5.78 Å². The van der Waals surface area contributed by atoms with Crippen molar-refractivity contribution in [2.24, 2.45) is 0 Å². The highest BCUT2D eigenvalue weighted by atomic mass is 19.1. The van der Waals surface area contributed by atoms with Crippen LogP contribution in [0.2, 0.25) is 0 Å². The molecule has 2 heterocycles. The van der Waals surface area contributed by atoms with Crippen LogP contribution in [-0.2, 0) is 10.2 Å². The number of piperidine rings is 1. The molecule has 0 atom stereocenters. The fourth-order valence-electron chi connectivity index (χ4n) is 5.23. The second-order valence-electron chi connectivity index (χ2n) is 8.95. The molecule has 0 radical (unpaired) electrons. The van der Waals surface area contributed by atoms with Crippen molar-refractivity contribution >= 4 is 23.1 Å². The fourth-order valence-corrected chi connectivity index (χ4v) is 5.23. The zero-order valence-electron chi connectivity index (χ0n) is 18.5. The Morgan fingerprint density at radius 1 is 0.879 bits per heavy atom. The van der Waals surface area contributed by atoms with Crippen LogP contribution in [0.5, 0.6) is 0 Å².